The fourth-order valence-corrected chi connectivity index (χ4v) is 3.64. The van der Waals surface area contributed by atoms with Gasteiger partial charge in [-0.25, -0.2) is 13.1 Å². The summed E-state index contributed by atoms with van der Waals surface area (Å²) in [6.45, 7) is 0.479. The van der Waals surface area contributed by atoms with Gasteiger partial charge in [-0.3, -0.25) is 0 Å². The molecule has 0 bridgehead atoms. The Bertz CT molecular complexity index is 524. The van der Waals surface area contributed by atoms with Crippen LogP contribution < -0.4 is 10.2 Å². The molecule has 1 fully saturated rings. The molecule has 1 aromatic rings. The second-order valence-electron chi connectivity index (χ2n) is 5.30. The van der Waals surface area contributed by atoms with Crippen LogP contribution in [0, 0.1) is 5.92 Å². The van der Waals surface area contributed by atoms with E-state index in [0.29, 0.717) is 12.5 Å². The van der Waals surface area contributed by atoms with E-state index in [0.717, 1.165) is 12.8 Å². The standard InChI is InChI=1S/C13H20BNO4S/c16-14(17)12-6-8-13(9-7-12)20(18,19)15-10-11-4-2-1-3-5-11/h6-9,11,15-17H,1-5,10H2. The fraction of sp³-hybridized carbons (Fsp3) is 0.538. The van der Waals surface area contributed by atoms with Crippen molar-refractivity contribution in [1.82, 2.24) is 4.72 Å². The van der Waals surface area contributed by atoms with Crippen LogP contribution in [0.2, 0.25) is 0 Å². The molecule has 0 saturated heterocycles. The Morgan fingerprint density at radius 1 is 1.10 bits per heavy atom. The summed E-state index contributed by atoms with van der Waals surface area (Å²) in [6, 6.07) is 5.58. The van der Waals surface area contributed by atoms with Crippen molar-refractivity contribution in [3.8, 4) is 0 Å². The monoisotopic (exact) mass is 297 g/mol. The third kappa shape index (κ3) is 4.05. The smallest absolute Gasteiger partial charge is 0.423 e. The molecule has 5 nitrogen and oxygen atoms in total. The highest BCUT2D eigenvalue weighted by Crippen LogP contribution is 2.23. The molecule has 0 aliphatic heterocycles. The molecule has 0 unspecified atom stereocenters. The zero-order valence-corrected chi connectivity index (χ0v) is 12.1. The van der Waals surface area contributed by atoms with Crippen molar-refractivity contribution in [2.24, 2.45) is 5.92 Å². The first-order valence-electron chi connectivity index (χ1n) is 6.95. The number of benzene rings is 1. The minimum absolute atomic E-state index is 0.151. The number of hydrogen-bond acceptors (Lipinski definition) is 4. The first-order chi connectivity index (χ1) is 9.49. The van der Waals surface area contributed by atoms with Crippen LogP contribution in [0.5, 0.6) is 0 Å². The van der Waals surface area contributed by atoms with Crippen molar-refractivity contribution >= 4 is 22.6 Å². The van der Waals surface area contributed by atoms with Gasteiger partial charge >= 0.3 is 7.12 Å². The van der Waals surface area contributed by atoms with Gasteiger partial charge in [-0.2, -0.15) is 0 Å². The molecule has 0 heterocycles. The predicted molar refractivity (Wildman–Crippen MR) is 78.0 cm³/mol. The van der Waals surface area contributed by atoms with Gasteiger partial charge in [-0.1, -0.05) is 31.4 Å². The molecule has 0 amide bonds. The predicted octanol–water partition coefficient (Wildman–Crippen LogP) is 0.225. The summed E-state index contributed by atoms with van der Waals surface area (Å²) in [6.07, 6.45) is 5.76. The summed E-state index contributed by atoms with van der Waals surface area (Å²) in [5.74, 6) is 0.428. The number of rotatable bonds is 5. The van der Waals surface area contributed by atoms with Crippen LogP contribution in [-0.2, 0) is 10.0 Å². The Morgan fingerprint density at radius 3 is 2.25 bits per heavy atom. The number of sulfonamides is 1. The lowest BCUT2D eigenvalue weighted by atomic mass is 9.81. The van der Waals surface area contributed by atoms with E-state index in [2.05, 4.69) is 4.72 Å². The molecule has 0 aromatic heterocycles. The van der Waals surface area contributed by atoms with Crippen molar-refractivity contribution in [2.75, 3.05) is 6.54 Å². The minimum Gasteiger partial charge on any atom is -0.423 e. The van der Waals surface area contributed by atoms with Crippen LogP contribution >= 0.6 is 0 Å². The van der Waals surface area contributed by atoms with Crippen molar-refractivity contribution in [2.45, 2.75) is 37.0 Å². The van der Waals surface area contributed by atoms with Crippen molar-refractivity contribution < 1.29 is 18.5 Å². The van der Waals surface area contributed by atoms with E-state index in [4.69, 9.17) is 10.0 Å². The van der Waals surface area contributed by atoms with Crippen LogP contribution in [0.3, 0.4) is 0 Å². The van der Waals surface area contributed by atoms with Gasteiger partial charge in [-0.05, 0) is 36.4 Å². The molecule has 7 heteroatoms. The maximum atomic E-state index is 12.1. The molecule has 20 heavy (non-hydrogen) atoms. The topological polar surface area (TPSA) is 86.6 Å². The Labute approximate surface area is 120 Å². The molecule has 110 valence electrons. The Hall–Kier alpha value is -0.885. The van der Waals surface area contributed by atoms with Gasteiger partial charge in [0.25, 0.3) is 0 Å². The van der Waals surface area contributed by atoms with Gasteiger partial charge in [0, 0.05) is 6.54 Å². The van der Waals surface area contributed by atoms with Crippen LogP contribution in [0.15, 0.2) is 29.2 Å². The third-order valence-electron chi connectivity index (χ3n) is 3.78. The lowest BCUT2D eigenvalue weighted by Crippen LogP contribution is -2.32. The summed E-state index contributed by atoms with van der Waals surface area (Å²) < 4.78 is 26.9. The minimum atomic E-state index is -3.52. The molecule has 2 rings (SSSR count). The first-order valence-corrected chi connectivity index (χ1v) is 8.43. The van der Waals surface area contributed by atoms with E-state index in [9.17, 15) is 8.42 Å². The highest BCUT2D eigenvalue weighted by atomic mass is 32.2. The Kier molecular flexibility index (Phi) is 5.20. The summed E-state index contributed by atoms with van der Waals surface area (Å²) in [7, 11) is -5.10. The average Bonchev–Trinajstić information content (AvgIpc) is 2.46. The SMILES string of the molecule is O=S(=O)(NCC1CCCCC1)c1ccc(B(O)O)cc1. The molecule has 0 atom stereocenters. The zero-order valence-electron chi connectivity index (χ0n) is 11.3. The van der Waals surface area contributed by atoms with Crippen molar-refractivity contribution in [1.29, 1.82) is 0 Å². The van der Waals surface area contributed by atoms with E-state index in [-0.39, 0.29) is 10.4 Å². The second-order valence-corrected chi connectivity index (χ2v) is 7.07. The maximum Gasteiger partial charge on any atom is 0.488 e. The molecule has 1 aromatic carbocycles. The van der Waals surface area contributed by atoms with Gasteiger partial charge < -0.3 is 10.0 Å². The van der Waals surface area contributed by atoms with Gasteiger partial charge in [0.2, 0.25) is 10.0 Å². The summed E-state index contributed by atoms with van der Waals surface area (Å²) in [5, 5.41) is 18.0. The molecule has 0 radical (unpaired) electrons. The van der Waals surface area contributed by atoms with E-state index >= 15 is 0 Å². The third-order valence-corrected chi connectivity index (χ3v) is 5.21. The largest absolute Gasteiger partial charge is 0.488 e. The van der Waals surface area contributed by atoms with Gasteiger partial charge in [0.1, 0.15) is 0 Å². The molecular weight excluding hydrogens is 277 g/mol. The average molecular weight is 297 g/mol. The summed E-state index contributed by atoms with van der Waals surface area (Å²) in [4.78, 5) is 0.151. The van der Waals surface area contributed by atoms with E-state index in [1.165, 1.54) is 43.5 Å². The molecule has 1 saturated carbocycles. The molecular formula is C13H20BNO4S. The Balaban J connectivity index is 1.98. The highest BCUT2D eigenvalue weighted by molar-refractivity contribution is 7.89. The van der Waals surface area contributed by atoms with E-state index < -0.39 is 17.1 Å². The number of nitrogens with one attached hydrogen (secondary N) is 1. The molecule has 3 N–H and O–H groups in total. The van der Waals surface area contributed by atoms with Crippen LogP contribution in [-0.4, -0.2) is 32.1 Å². The highest BCUT2D eigenvalue weighted by Gasteiger charge is 2.19. The fourth-order valence-electron chi connectivity index (χ4n) is 2.52. The van der Waals surface area contributed by atoms with E-state index in [1.807, 2.05) is 0 Å². The number of hydrogen-bond donors (Lipinski definition) is 3. The van der Waals surface area contributed by atoms with Crippen LogP contribution in [0.1, 0.15) is 32.1 Å². The normalized spacial score (nSPS) is 17.1. The maximum absolute atomic E-state index is 12.1. The van der Waals surface area contributed by atoms with Gasteiger partial charge in [-0.15, -0.1) is 0 Å². The lowest BCUT2D eigenvalue weighted by Gasteiger charge is -2.21. The second kappa shape index (κ2) is 6.71. The quantitative estimate of drug-likeness (QED) is 0.679. The van der Waals surface area contributed by atoms with Crippen LogP contribution in [0.4, 0.5) is 0 Å². The van der Waals surface area contributed by atoms with Gasteiger partial charge in [0.05, 0.1) is 4.90 Å². The lowest BCUT2D eigenvalue weighted by molar-refractivity contribution is 0.357. The Morgan fingerprint density at radius 2 is 1.70 bits per heavy atom. The molecule has 0 spiro atoms. The first kappa shape index (κ1) is 15.5. The summed E-state index contributed by atoms with van der Waals surface area (Å²) >= 11 is 0. The molecule has 1 aliphatic carbocycles. The van der Waals surface area contributed by atoms with E-state index in [1.54, 1.807) is 0 Å². The van der Waals surface area contributed by atoms with Gasteiger partial charge in [0.15, 0.2) is 0 Å². The summed E-state index contributed by atoms with van der Waals surface area (Å²) in [5.41, 5.74) is 0.274. The van der Waals surface area contributed by atoms with Crippen molar-refractivity contribution in [3.63, 3.8) is 0 Å². The van der Waals surface area contributed by atoms with Crippen LogP contribution in [0.25, 0.3) is 0 Å². The van der Waals surface area contributed by atoms with Crippen molar-refractivity contribution in [3.05, 3.63) is 24.3 Å². The molecule has 1 aliphatic rings. The zero-order chi connectivity index (χ0) is 14.6.